The van der Waals surface area contributed by atoms with Crippen LogP contribution in [0.4, 0.5) is 8.78 Å². The van der Waals surface area contributed by atoms with Gasteiger partial charge in [0.25, 0.3) is 0 Å². The third-order valence-corrected chi connectivity index (χ3v) is 2.03. The van der Waals surface area contributed by atoms with Gasteiger partial charge in [-0.25, -0.2) is 0 Å². The first kappa shape index (κ1) is 11.1. The Morgan fingerprint density at radius 2 is 1.94 bits per heavy atom. The number of phenolic OH excluding ortho intramolecular Hbond substituents is 1. The van der Waals surface area contributed by atoms with Crippen LogP contribution in [0.25, 0.3) is 0 Å². The largest absolute Gasteiger partial charge is 0.508 e. The highest BCUT2D eigenvalue weighted by atomic mass is 19.3. The van der Waals surface area contributed by atoms with Gasteiger partial charge in [0.15, 0.2) is 6.29 Å². The molecule has 1 aromatic carbocycles. The highest BCUT2D eigenvalue weighted by Crippen LogP contribution is 2.30. The number of hydrogen-bond acceptors (Lipinski definition) is 4. The molecule has 0 spiro atoms. The summed E-state index contributed by atoms with van der Waals surface area (Å²) in [5, 5.41) is 9.33. The molecule has 0 radical (unpaired) electrons. The van der Waals surface area contributed by atoms with Crippen LogP contribution in [0, 0.1) is 0 Å². The van der Waals surface area contributed by atoms with Gasteiger partial charge in [0, 0.05) is 11.6 Å². The molecule has 6 heteroatoms. The van der Waals surface area contributed by atoms with Crippen molar-refractivity contribution in [2.75, 3.05) is 13.2 Å². The molecule has 0 saturated carbocycles. The van der Waals surface area contributed by atoms with Gasteiger partial charge in [-0.05, 0) is 12.1 Å². The zero-order chi connectivity index (χ0) is 11.5. The van der Waals surface area contributed by atoms with Gasteiger partial charge in [0.1, 0.15) is 11.5 Å². The number of rotatable bonds is 3. The van der Waals surface area contributed by atoms with Gasteiger partial charge in [-0.15, -0.1) is 0 Å². The molecule has 1 N–H and O–H groups in total. The van der Waals surface area contributed by atoms with Crippen molar-refractivity contribution in [1.82, 2.24) is 0 Å². The number of aromatic hydroxyl groups is 1. The van der Waals surface area contributed by atoms with Gasteiger partial charge in [-0.3, -0.25) is 0 Å². The summed E-state index contributed by atoms with van der Waals surface area (Å²) in [4.78, 5) is 0. The van der Waals surface area contributed by atoms with Crippen LogP contribution in [0.5, 0.6) is 11.5 Å². The van der Waals surface area contributed by atoms with Crippen LogP contribution >= 0.6 is 0 Å². The molecule has 1 saturated heterocycles. The number of ether oxygens (including phenoxy) is 3. The summed E-state index contributed by atoms with van der Waals surface area (Å²) in [6.45, 7) is -2.06. The van der Waals surface area contributed by atoms with Crippen molar-refractivity contribution in [2.24, 2.45) is 0 Å². The average molecular weight is 232 g/mol. The SMILES string of the molecule is Oc1cc(OC(F)F)cc(C2OCCO2)c1. The van der Waals surface area contributed by atoms with E-state index in [1.165, 1.54) is 12.1 Å². The standard InChI is InChI=1S/C10H10F2O4/c11-10(12)16-8-4-6(3-7(13)5-8)9-14-1-2-15-9/h3-5,9-10,13H,1-2H2. The topological polar surface area (TPSA) is 47.9 Å². The molecule has 1 heterocycles. The molecule has 1 aromatic rings. The number of phenols is 1. The average Bonchev–Trinajstić information content (AvgIpc) is 2.67. The Balaban J connectivity index is 2.20. The maximum absolute atomic E-state index is 12.0. The minimum atomic E-state index is -2.93. The molecule has 0 amide bonds. The van der Waals surface area contributed by atoms with Crippen molar-refractivity contribution < 1.29 is 28.1 Å². The molecule has 0 unspecified atom stereocenters. The molecule has 88 valence electrons. The van der Waals surface area contributed by atoms with Gasteiger partial charge in [0.05, 0.1) is 13.2 Å². The zero-order valence-electron chi connectivity index (χ0n) is 8.23. The van der Waals surface area contributed by atoms with Crippen LogP contribution in [0.2, 0.25) is 0 Å². The van der Waals surface area contributed by atoms with E-state index in [0.717, 1.165) is 6.07 Å². The Kier molecular flexibility index (Phi) is 3.21. The van der Waals surface area contributed by atoms with E-state index in [9.17, 15) is 13.9 Å². The molecule has 2 rings (SSSR count). The minimum absolute atomic E-state index is 0.121. The molecule has 0 bridgehead atoms. The first-order valence-corrected chi connectivity index (χ1v) is 4.67. The van der Waals surface area contributed by atoms with Crippen molar-refractivity contribution in [3.05, 3.63) is 23.8 Å². The van der Waals surface area contributed by atoms with E-state index >= 15 is 0 Å². The molecule has 4 nitrogen and oxygen atoms in total. The van der Waals surface area contributed by atoms with E-state index in [1.54, 1.807) is 0 Å². The first-order valence-electron chi connectivity index (χ1n) is 4.67. The molecule has 0 aromatic heterocycles. The molecule has 1 aliphatic heterocycles. The van der Waals surface area contributed by atoms with E-state index in [-0.39, 0.29) is 11.5 Å². The third-order valence-electron chi connectivity index (χ3n) is 2.03. The summed E-state index contributed by atoms with van der Waals surface area (Å²) in [5.74, 6) is -0.295. The molecule has 0 aliphatic carbocycles. The fourth-order valence-corrected chi connectivity index (χ4v) is 1.46. The number of hydrogen-bond donors (Lipinski definition) is 1. The Bertz CT molecular complexity index is 364. The highest BCUT2D eigenvalue weighted by Gasteiger charge is 2.20. The summed E-state index contributed by atoms with van der Waals surface area (Å²) < 4.78 is 38.5. The fourth-order valence-electron chi connectivity index (χ4n) is 1.46. The first-order chi connectivity index (χ1) is 7.65. The summed E-state index contributed by atoms with van der Waals surface area (Å²) >= 11 is 0. The summed E-state index contributed by atoms with van der Waals surface area (Å²) in [7, 11) is 0. The Morgan fingerprint density at radius 3 is 2.56 bits per heavy atom. The lowest BCUT2D eigenvalue weighted by atomic mass is 10.2. The lowest BCUT2D eigenvalue weighted by Crippen LogP contribution is -2.04. The third kappa shape index (κ3) is 2.59. The minimum Gasteiger partial charge on any atom is -0.508 e. The van der Waals surface area contributed by atoms with Crippen molar-refractivity contribution in [3.63, 3.8) is 0 Å². The fraction of sp³-hybridized carbons (Fsp3) is 0.400. The molecule has 1 aliphatic rings. The predicted molar refractivity (Wildman–Crippen MR) is 49.4 cm³/mol. The second kappa shape index (κ2) is 4.63. The lowest BCUT2D eigenvalue weighted by molar-refractivity contribution is -0.0534. The highest BCUT2D eigenvalue weighted by molar-refractivity contribution is 5.38. The number of alkyl halides is 2. The summed E-state index contributed by atoms with van der Waals surface area (Å²) in [6, 6.07) is 3.83. The molecular weight excluding hydrogens is 222 g/mol. The number of benzene rings is 1. The normalized spacial score (nSPS) is 16.9. The van der Waals surface area contributed by atoms with E-state index in [4.69, 9.17) is 9.47 Å². The van der Waals surface area contributed by atoms with E-state index < -0.39 is 12.9 Å². The van der Waals surface area contributed by atoms with Crippen LogP contribution in [0.1, 0.15) is 11.9 Å². The second-order valence-corrected chi connectivity index (χ2v) is 3.21. The van der Waals surface area contributed by atoms with E-state index in [0.29, 0.717) is 18.8 Å². The Morgan fingerprint density at radius 1 is 1.25 bits per heavy atom. The van der Waals surface area contributed by atoms with Crippen LogP contribution < -0.4 is 4.74 Å². The molecule has 16 heavy (non-hydrogen) atoms. The zero-order valence-corrected chi connectivity index (χ0v) is 8.23. The van der Waals surface area contributed by atoms with Crippen molar-refractivity contribution >= 4 is 0 Å². The van der Waals surface area contributed by atoms with Gasteiger partial charge < -0.3 is 19.3 Å². The van der Waals surface area contributed by atoms with Crippen molar-refractivity contribution in [3.8, 4) is 11.5 Å². The maximum Gasteiger partial charge on any atom is 0.387 e. The smallest absolute Gasteiger partial charge is 0.387 e. The monoisotopic (exact) mass is 232 g/mol. The van der Waals surface area contributed by atoms with Gasteiger partial charge in [-0.2, -0.15) is 8.78 Å². The van der Waals surface area contributed by atoms with Gasteiger partial charge >= 0.3 is 6.61 Å². The predicted octanol–water partition coefficient (Wildman–Crippen LogP) is 2.04. The number of halogens is 2. The second-order valence-electron chi connectivity index (χ2n) is 3.21. The van der Waals surface area contributed by atoms with E-state index in [2.05, 4.69) is 4.74 Å². The van der Waals surface area contributed by atoms with Crippen LogP contribution in [0.15, 0.2) is 18.2 Å². The molecule has 1 fully saturated rings. The summed E-state index contributed by atoms with van der Waals surface area (Å²) in [6.07, 6.45) is -0.632. The quantitative estimate of drug-likeness (QED) is 0.866. The lowest BCUT2D eigenvalue weighted by Gasteiger charge is -2.12. The summed E-state index contributed by atoms with van der Waals surface area (Å²) in [5.41, 5.74) is 0.452. The van der Waals surface area contributed by atoms with Crippen molar-refractivity contribution in [2.45, 2.75) is 12.9 Å². The Labute approximate surface area is 90.4 Å². The maximum atomic E-state index is 12.0. The van der Waals surface area contributed by atoms with E-state index in [1.807, 2.05) is 0 Å². The van der Waals surface area contributed by atoms with Gasteiger partial charge in [0.2, 0.25) is 0 Å². The van der Waals surface area contributed by atoms with Crippen molar-refractivity contribution in [1.29, 1.82) is 0 Å². The Hall–Kier alpha value is -1.40. The molecular formula is C10H10F2O4. The van der Waals surface area contributed by atoms with Crippen LogP contribution in [-0.4, -0.2) is 24.9 Å². The van der Waals surface area contributed by atoms with Crippen LogP contribution in [0.3, 0.4) is 0 Å². The molecule has 0 atom stereocenters. The van der Waals surface area contributed by atoms with Gasteiger partial charge in [-0.1, -0.05) is 0 Å². The van der Waals surface area contributed by atoms with Crippen LogP contribution in [-0.2, 0) is 9.47 Å².